The van der Waals surface area contributed by atoms with E-state index in [-0.39, 0.29) is 11.4 Å². The van der Waals surface area contributed by atoms with E-state index in [4.69, 9.17) is 10.5 Å². The van der Waals surface area contributed by atoms with E-state index < -0.39 is 0 Å². The maximum Gasteiger partial charge on any atom is 0.236 e. The molecule has 5 heteroatoms. The molecule has 1 heterocycles. The largest absolute Gasteiger partial charge is 0.378 e. The number of carbonyl (C=O) groups is 1. The molecule has 2 N–H and O–H groups in total. The Labute approximate surface area is 128 Å². The molecule has 1 aliphatic carbocycles. The number of nitrogens with two attached hydrogens (primary N) is 1. The first-order valence-electron chi connectivity index (χ1n) is 8.38. The lowest BCUT2D eigenvalue weighted by Gasteiger charge is -2.46. The van der Waals surface area contributed by atoms with Crippen LogP contribution in [0.1, 0.15) is 39.0 Å². The minimum atomic E-state index is 0.0214. The molecule has 0 atom stereocenters. The molecule has 1 amide bonds. The second-order valence-corrected chi connectivity index (χ2v) is 6.63. The summed E-state index contributed by atoms with van der Waals surface area (Å²) in [7, 11) is 2.07. The summed E-state index contributed by atoms with van der Waals surface area (Å²) >= 11 is 0. The molecule has 122 valence electrons. The molecule has 21 heavy (non-hydrogen) atoms. The zero-order valence-electron chi connectivity index (χ0n) is 13.6. The number of morpholine rings is 1. The third-order valence-corrected chi connectivity index (χ3v) is 5.54. The van der Waals surface area contributed by atoms with Gasteiger partial charge in [0.1, 0.15) is 0 Å². The summed E-state index contributed by atoms with van der Waals surface area (Å²) in [4.78, 5) is 16.6. The Hall–Kier alpha value is -0.650. The van der Waals surface area contributed by atoms with Gasteiger partial charge < -0.3 is 15.4 Å². The van der Waals surface area contributed by atoms with Gasteiger partial charge in [0.05, 0.1) is 19.8 Å². The molecule has 0 bridgehead atoms. The summed E-state index contributed by atoms with van der Waals surface area (Å²) < 4.78 is 5.31. The lowest BCUT2D eigenvalue weighted by molar-refractivity contribution is -0.138. The topological polar surface area (TPSA) is 58.8 Å². The van der Waals surface area contributed by atoms with Crippen molar-refractivity contribution in [3.63, 3.8) is 0 Å². The highest BCUT2D eigenvalue weighted by Gasteiger charge is 2.38. The predicted molar refractivity (Wildman–Crippen MR) is 84.1 cm³/mol. The quantitative estimate of drug-likeness (QED) is 0.825. The van der Waals surface area contributed by atoms with Gasteiger partial charge in [-0.05, 0) is 38.6 Å². The van der Waals surface area contributed by atoms with Crippen LogP contribution in [0.4, 0.5) is 0 Å². The second kappa shape index (κ2) is 7.56. The van der Waals surface area contributed by atoms with Crippen LogP contribution in [0, 0.1) is 5.92 Å². The van der Waals surface area contributed by atoms with E-state index in [9.17, 15) is 4.79 Å². The highest BCUT2D eigenvalue weighted by atomic mass is 16.5. The number of likely N-dealkylation sites (N-methyl/N-ethyl adjacent to an activating group) is 1. The van der Waals surface area contributed by atoms with Gasteiger partial charge in [-0.25, -0.2) is 0 Å². The summed E-state index contributed by atoms with van der Waals surface area (Å²) in [6.07, 6.45) is 5.98. The van der Waals surface area contributed by atoms with Crippen LogP contribution in [0.15, 0.2) is 0 Å². The summed E-state index contributed by atoms with van der Waals surface area (Å²) in [5.41, 5.74) is 6.12. The fraction of sp³-hybridized carbons (Fsp3) is 0.938. The highest BCUT2D eigenvalue weighted by molar-refractivity contribution is 5.78. The van der Waals surface area contributed by atoms with E-state index in [1.807, 2.05) is 4.90 Å². The van der Waals surface area contributed by atoms with Crippen molar-refractivity contribution in [1.29, 1.82) is 0 Å². The van der Waals surface area contributed by atoms with Crippen molar-refractivity contribution in [2.24, 2.45) is 11.7 Å². The average molecular weight is 297 g/mol. The van der Waals surface area contributed by atoms with Crippen LogP contribution < -0.4 is 5.73 Å². The third kappa shape index (κ3) is 3.96. The van der Waals surface area contributed by atoms with Crippen LogP contribution in [-0.2, 0) is 9.53 Å². The molecule has 2 aliphatic rings. The summed E-state index contributed by atoms with van der Waals surface area (Å²) in [6.45, 7) is 6.17. The number of carbonyl (C=O) groups excluding carboxylic acids is 1. The summed E-state index contributed by atoms with van der Waals surface area (Å²) in [5, 5.41) is 0. The normalized spacial score (nSPS) is 30.7. The lowest BCUT2D eigenvalue weighted by atomic mass is 9.74. The first-order valence-corrected chi connectivity index (χ1v) is 8.38. The Morgan fingerprint density at radius 2 is 1.95 bits per heavy atom. The molecule has 0 aromatic heterocycles. The van der Waals surface area contributed by atoms with Crippen LogP contribution in [-0.4, -0.2) is 67.7 Å². The van der Waals surface area contributed by atoms with Crippen LogP contribution in [0.5, 0.6) is 0 Å². The molecule has 1 aliphatic heterocycles. The monoisotopic (exact) mass is 297 g/mol. The number of ether oxygens (including phenoxy) is 1. The van der Waals surface area contributed by atoms with Gasteiger partial charge >= 0.3 is 0 Å². The molecule has 2 rings (SSSR count). The zero-order valence-corrected chi connectivity index (χ0v) is 13.6. The second-order valence-electron chi connectivity index (χ2n) is 6.63. The van der Waals surface area contributed by atoms with E-state index in [1.54, 1.807) is 0 Å². The fourth-order valence-electron chi connectivity index (χ4n) is 3.65. The zero-order chi connectivity index (χ0) is 15.3. The maximum atomic E-state index is 12.4. The van der Waals surface area contributed by atoms with Gasteiger partial charge in [-0.2, -0.15) is 0 Å². The Morgan fingerprint density at radius 3 is 2.48 bits per heavy atom. The van der Waals surface area contributed by atoms with Crippen molar-refractivity contribution in [2.75, 3.05) is 46.4 Å². The molecule has 0 unspecified atom stereocenters. The molecule has 0 radical (unpaired) electrons. The maximum absolute atomic E-state index is 12.4. The minimum Gasteiger partial charge on any atom is -0.378 e. The van der Waals surface area contributed by atoms with Gasteiger partial charge in [0.25, 0.3) is 0 Å². The van der Waals surface area contributed by atoms with E-state index in [0.717, 1.165) is 31.8 Å². The molecular weight excluding hydrogens is 266 g/mol. The van der Waals surface area contributed by atoms with Crippen molar-refractivity contribution < 1.29 is 9.53 Å². The minimum absolute atomic E-state index is 0.0214. The van der Waals surface area contributed by atoms with Crippen LogP contribution >= 0.6 is 0 Å². The lowest BCUT2D eigenvalue weighted by Crippen LogP contribution is -2.57. The molecule has 0 aromatic carbocycles. The van der Waals surface area contributed by atoms with Gasteiger partial charge in [-0.3, -0.25) is 9.69 Å². The molecule has 1 saturated carbocycles. The highest BCUT2D eigenvalue weighted by Crippen LogP contribution is 2.36. The summed E-state index contributed by atoms with van der Waals surface area (Å²) in [6, 6.07) is 0. The molecule has 0 spiro atoms. The van der Waals surface area contributed by atoms with Gasteiger partial charge in [0, 0.05) is 25.2 Å². The van der Waals surface area contributed by atoms with Crippen LogP contribution in [0.3, 0.4) is 0 Å². The molecule has 2 fully saturated rings. The van der Waals surface area contributed by atoms with Gasteiger partial charge in [-0.15, -0.1) is 0 Å². The number of hydrogen-bond acceptors (Lipinski definition) is 4. The first kappa shape index (κ1) is 16.7. The predicted octanol–water partition coefficient (Wildman–Crippen LogP) is 1.07. The van der Waals surface area contributed by atoms with E-state index in [0.29, 0.717) is 26.3 Å². The third-order valence-electron chi connectivity index (χ3n) is 5.54. The number of nitrogens with zero attached hydrogens (tertiary/aromatic N) is 2. The summed E-state index contributed by atoms with van der Waals surface area (Å²) in [5.74, 6) is 1.05. The Morgan fingerprint density at radius 1 is 1.33 bits per heavy atom. The smallest absolute Gasteiger partial charge is 0.236 e. The molecule has 5 nitrogen and oxygen atoms in total. The van der Waals surface area contributed by atoms with Crippen LogP contribution in [0.2, 0.25) is 0 Å². The van der Waals surface area contributed by atoms with Gasteiger partial charge in [0.15, 0.2) is 0 Å². The number of hydrogen-bond donors (Lipinski definition) is 1. The average Bonchev–Trinajstić information content (AvgIpc) is 2.55. The van der Waals surface area contributed by atoms with Gasteiger partial charge in [-0.1, -0.05) is 13.3 Å². The van der Waals surface area contributed by atoms with Gasteiger partial charge in [0.2, 0.25) is 5.91 Å². The molecule has 1 saturated heterocycles. The standard InChI is InChI=1S/C16H31N3O2/c1-3-14-4-6-16(13-17,7-5-14)18(2)12-15(20)19-8-10-21-11-9-19/h14H,3-13,17H2,1-2H3. The van der Waals surface area contributed by atoms with Crippen molar-refractivity contribution in [3.05, 3.63) is 0 Å². The SMILES string of the molecule is CCC1CCC(CN)(N(C)CC(=O)N2CCOCC2)CC1. The number of rotatable bonds is 5. The Bertz CT molecular complexity index is 334. The van der Waals surface area contributed by atoms with Crippen molar-refractivity contribution >= 4 is 5.91 Å². The Kier molecular flexibility index (Phi) is 6.02. The van der Waals surface area contributed by atoms with Crippen LogP contribution in [0.25, 0.3) is 0 Å². The Balaban J connectivity index is 1.90. The number of amides is 1. The van der Waals surface area contributed by atoms with E-state index >= 15 is 0 Å². The van der Waals surface area contributed by atoms with E-state index in [2.05, 4.69) is 18.9 Å². The molecule has 0 aromatic rings. The first-order chi connectivity index (χ1) is 10.1. The van der Waals surface area contributed by atoms with Crippen molar-refractivity contribution in [1.82, 2.24) is 9.80 Å². The fourth-order valence-corrected chi connectivity index (χ4v) is 3.65. The van der Waals surface area contributed by atoms with E-state index in [1.165, 1.54) is 19.3 Å². The van der Waals surface area contributed by atoms with Crippen molar-refractivity contribution in [3.8, 4) is 0 Å². The molecular formula is C16H31N3O2. The van der Waals surface area contributed by atoms with Crippen molar-refractivity contribution in [2.45, 2.75) is 44.6 Å².